The number of rotatable bonds is 21. The molecule has 0 bridgehead atoms. The molecule has 0 aliphatic carbocycles. The van der Waals surface area contributed by atoms with E-state index in [0.29, 0.717) is 6.42 Å². The number of benzene rings is 1. The zero-order valence-electron chi connectivity index (χ0n) is 22.8. The van der Waals surface area contributed by atoms with Crippen LogP contribution < -0.4 is 5.32 Å². The molecule has 8 heteroatoms. The van der Waals surface area contributed by atoms with E-state index in [2.05, 4.69) is 12.2 Å². The highest BCUT2D eigenvalue weighted by molar-refractivity contribution is 7.55. The predicted molar refractivity (Wildman–Crippen MR) is 145 cm³/mol. The number of ether oxygens (including phenoxy) is 1. The Labute approximate surface area is 218 Å². The van der Waals surface area contributed by atoms with Gasteiger partial charge in [0, 0.05) is 6.42 Å². The second-order valence-corrected chi connectivity index (χ2v) is 11.4. The number of esters is 1. The number of carbonyl (C=O) groups is 2. The van der Waals surface area contributed by atoms with Crippen LogP contribution in [0.5, 0.6) is 0 Å². The lowest BCUT2D eigenvalue weighted by Gasteiger charge is -2.27. The number of amides is 1. The maximum atomic E-state index is 13.6. The molecule has 0 spiro atoms. The minimum Gasteiger partial charge on any atom is -0.467 e. The van der Waals surface area contributed by atoms with Crippen LogP contribution in [0, 0.1) is 0 Å². The van der Waals surface area contributed by atoms with Gasteiger partial charge < -0.3 is 19.1 Å². The summed E-state index contributed by atoms with van der Waals surface area (Å²) in [5, 5.41) is 2.78. The standard InChI is InChI=1S/C28H48NO6P/c1-5-8-9-10-11-12-13-14-15-19-22-26(36(32,34-6-2)35-7-3)27(30)29-25(28(31)33-4)23-24-20-17-16-18-21-24/h16-18,20-21,25-26H,5-15,19,22-23H2,1-4H3,(H,29,30)/t25-,26?/m0/s1. The van der Waals surface area contributed by atoms with Crippen LogP contribution in [-0.4, -0.2) is 43.9 Å². The summed E-state index contributed by atoms with van der Waals surface area (Å²) in [6, 6.07) is 8.51. The molecule has 0 saturated heterocycles. The minimum atomic E-state index is -3.70. The molecule has 0 aromatic heterocycles. The summed E-state index contributed by atoms with van der Waals surface area (Å²) < 4.78 is 29.6. The lowest BCUT2D eigenvalue weighted by molar-refractivity contribution is -0.145. The second kappa shape index (κ2) is 19.4. The third-order valence-electron chi connectivity index (χ3n) is 6.22. The average Bonchev–Trinajstić information content (AvgIpc) is 2.87. The van der Waals surface area contributed by atoms with Gasteiger partial charge in [-0.15, -0.1) is 0 Å². The molecular formula is C28H48NO6P. The summed E-state index contributed by atoms with van der Waals surface area (Å²) in [6.07, 6.45) is 12.3. The first-order valence-corrected chi connectivity index (χ1v) is 15.3. The van der Waals surface area contributed by atoms with Crippen molar-refractivity contribution in [2.75, 3.05) is 20.3 Å². The lowest BCUT2D eigenvalue weighted by atomic mass is 10.0. The first-order chi connectivity index (χ1) is 17.4. The highest BCUT2D eigenvalue weighted by atomic mass is 31.2. The summed E-state index contributed by atoms with van der Waals surface area (Å²) in [5.41, 5.74) is -0.0911. The maximum absolute atomic E-state index is 13.6. The molecule has 2 atom stereocenters. The molecule has 1 aromatic rings. The molecule has 1 unspecified atom stereocenters. The van der Waals surface area contributed by atoms with Gasteiger partial charge in [-0.1, -0.05) is 101 Å². The third-order valence-corrected chi connectivity index (χ3v) is 8.71. The Balaban J connectivity index is 2.79. The Morgan fingerprint density at radius 1 is 0.833 bits per heavy atom. The summed E-state index contributed by atoms with van der Waals surface area (Å²) in [4.78, 5) is 25.9. The molecule has 0 saturated carbocycles. The van der Waals surface area contributed by atoms with E-state index in [9.17, 15) is 14.2 Å². The van der Waals surface area contributed by atoms with E-state index in [1.165, 1.54) is 52.1 Å². The Morgan fingerprint density at radius 2 is 1.36 bits per heavy atom. The quantitative estimate of drug-likeness (QED) is 0.107. The normalized spacial score (nSPS) is 13.2. The summed E-state index contributed by atoms with van der Waals surface area (Å²) >= 11 is 0. The molecule has 36 heavy (non-hydrogen) atoms. The zero-order valence-corrected chi connectivity index (χ0v) is 23.7. The van der Waals surface area contributed by atoms with Gasteiger partial charge in [-0.05, 0) is 25.8 Å². The number of methoxy groups -OCH3 is 1. The molecule has 1 N–H and O–H groups in total. The average molecular weight is 526 g/mol. The topological polar surface area (TPSA) is 90.9 Å². The Hall–Kier alpha value is -1.69. The van der Waals surface area contributed by atoms with Crippen molar-refractivity contribution in [2.24, 2.45) is 0 Å². The van der Waals surface area contributed by atoms with Crippen LogP contribution in [0.3, 0.4) is 0 Å². The first kappa shape index (κ1) is 32.3. The van der Waals surface area contributed by atoms with Gasteiger partial charge >= 0.3 is 13.6 Å². The molecular weight excluding hydrogens is 477 g/mol. The van der Waals surface area contributed by atoms with E-state index in [1.807, 2.05) is 30.3 Å². The number of hydrogen-bond donors (Lipinski definition) is 1. The number of hydrogen-bond acceptors (Lipinski definition) is 6. The Morgan fingerprint density at radius 3 is 1.86 bits per heavy atom. The van der Waals surface area contributed by atoms with E-state index >= 15 is 0 Å². The SMILES string of the molecule is CCCCCCCCCCCCC(C(=O)N[C@@H](Cc1ccccc1)C(=O)OC)P(=O)(OCC)OCC. The summed E-state index contributed by atoms with van der Waals surface area (Å²) in [7, 11) is -2.41. The highest BCUT2D eigenvalue weighted by Crippen LogP contribution is 2.54. The Kier molecular flexibility index (Phi) is 17.4. The van der Waals surface area contributed by atoms with Crippen LogP contribution in [0.2, 0.25) is 0 Å². The highest BCUT2D eigenvalue weighted by Gasteiger charge is 2.41. The van der Waals surface area contributed by atoms with Crippen molar-refractivity contribution in [3.05, 3.63) is 35.9 Å². The van der Waals surface area contributed by atoms with E-state index in [0.717, 1.165) is 24.8 Å². The molecule has 0 heterocycles. The maximum Gasteiger partial charge on any atom is 0.343 e. The van der Waals surface area contributed by atoms with Crippen molar-refractivity contribution >= 4 is 19.5 Å². The molecule has 0 radical (unpaired) electrons. The smallest absolute Gasteiger partial charge is 0.343 e. The van der Waals surface area contributed by atoms with E-state index in [-0.39, 0.29) is 19.6 Å². The number of unbranched alkanes of at least 4 members (excludes halogenated alkanes) is 9. The number of carbonyl (C=O) groups excluding carboxylic acids is 2. The minimum absolute atomic E-state index is 0.170. The second-order valence-electron chi connectivity index (χ2n) is 9.14. The molecule has 206 valence electrons. The van der Waals surface area contributed by atoms with Gasteiger partial charge in [0.1, 0.15) is 11.7 Å². The van der Waals surface area contributed by atoms with Crippen LogP contribution in [0.4, 0.5) is 0 Å². The zero-order chi connectivity index (χ0) is 26.7. The fourth-order valence-electron chi connectivity index (χ4n) is 4.29. The van der Waals surface area contributed by atoms with Crippen LogP contribution >= 0.6 is 7.60 Å². The molecule has 1 amide bonds. The van der Waals surface area contributed by atoms with Crippen molar-refractivity contribution < 1.29 is 27.9 Å². The van der Waals surface area contributed by atoms with E-state index < -0.39 is 31.2 Å². The van der Waals surface area contributed by atoms with Gasteiger partial charge in [0.2, 0.25) is 5.91 Å². The van der Waals surface area contributed by atoms with E-state index in [1.54, 1.807) is 13.8 Å². The van der Waals surface area contributed by atoms with Crippen molar-refractivity contribution in [1.82, 2.24) is 5.32 Å². The van der Waals surface area contributed by atoms with Gasteiger partial charge in [0.15, 0.2) is 0 Å². The van der Waals surface area contributed by atoms with Crippen LogP contribution in [-0.2, 0) is 34.4 Å². The fraction of sp³-hybridized carbons (Fsp3) is 0.714. The van der Waals surface area contributed by atoms with Gasteiger partial charge in [0.05, 0.1) is 20.3 Å². The van der Waals surface area contributed by atoms with Gasteiger partial charge in [0.25, 0.3) is 0 Å². The summed E-state index contributed by atoms with van der Waals surface area (Å²) in [5.74, 6) is -1.05. The Bertz CT molecular complexity index is 763. The van der Waals surface area contributed by atoms with Crippen molar-refractivity contribution in [3.63, 3.8) is 0 Å². The van der Waals surface area contributed by atoms with E-state index in [4.69, 9.17) is 13.8 Å². The first-order valence-electron chi connectivity index (χ1n) is 13.7. The molecule has 0 aliphatic heterocycles. The largest absolute Gasteiger partial charge is 0.467 e. The molecule has 7 nitrogen and oxygen atoms in total. The lowest BCUT2D eigenvalue weighted by Crippen LogP contribution is -2.47. The molecule has 1 aromatic carbocycles. The monoisotopic (exact) mass is 525 g/mol. The molecule has 0 fully saturated rings. The van der Waals surface area contributed by atoms with Crippen LogP contribution in [0.25, 0.3) is 0 Å². The van der Waals surface area contributed by atoms with Gasteiger partial charge in [-0.2, -0.15) is 0 Å². The number of nitrogens with one attached hydrogen (secondary N) is 1. The molecule has 1 rings (SSSR count). The van der Waals surface area contributed by atoms with Crippen LogP contribution in [0.15, 0.2) is 30.3 Å². The third kappa shape index (κ3) is 12.5. The molecule has 0 aliphatic rings. The van der Waals surface area contributed by atoms with Gasteiger partial charge in [-0.3, -0.25) is 9.36 Å². The predicted octanol–water partition coefficient (Wildman–Crippen LogP) is 6.83. The van der Waals surface area contributed by atoms with Crippen molar-refractivity contribution in [3.8, 4) is 0 Å². The van der Waals surface area contributed by atoms with Crippen LogP contribution in [0.1, 0.15) is 97.0 Å². The van der Waals surface area contributed by atoms with Crippen molar-refractivity contribution in [2.45, 2.75) is 110 Å². The fourth-order valence-corrected chi connectivity index (χ4v) is 6.30. The van der Waals surface area contributed by atoms with Crippen molar-refractivity contribution in [1.29, 1.82) is 0 Å². The van der Waals surface area contributed by atoms with Gasteiger partial charge in [-0.25, -0.2) is 4.79 Å². The summed E-state index contributed by atoms with van der Waals surface area (Å²) in [6.45, 7) is 6.02.